The largest absolute Gasteiger partial charge is 0.399 e. The molecule has 1 fully saturated rings. The molecule has 1 saturated carbocycles. The van der Waals surface area contributed by atoms with Crippen molar-refractivity contribution in [2.45, 2.75) is 38.5 Å². The van der Waals surface area contributed by atoms with Gasteiger partial charge in [-0.2, -0.15) is 0 Å². The molecule has 1 amide bonds. The average Bonchev–Trinajstić information content (AvgIpc) is 2.57. The molecular formula is C14H20N2O. The summed E-state index contributed by atoms with van der Waals surface area (Å²) in [6.07, 6.45) is 6.93. The third-order valence-corrected chi connectivity index (χ3v) is 3.38. The van der Waals surface area contributed by atoms with Crippen molar-refractivity contribution >= 4 is 17.3 Å². The van der Waals surface area contributed by atoms with Crippen LogP contribution in [-0.2, 0) is 4.79 Å². The normalized spacial score (nSPS) is 17.4. The molecule has 0 saturated heterocycles. The molecule has 3 nitrogen and oxygen atoms in total. The van der Waals surface area contributed by atoms with E-state index in [0.29, 0.717) is 5.69 Å². The molecule has 0 unspecified atom stereocenters. The van der Waals surface area contributed by atoms with Gasteiger partial charge < -0.3 is 11.1 Å². The Morgan fingerprint density at radius 1 is 1.18 bits per heavy atom. The molecule has 0 aromatic heterocycles. The van der Waals surface area contributed by atoms with E-state index in [1.807, 2.05) is 18.2 Å². The molecule has 0 spiro atoms. The van der Waals surface area contributed by atoms with Crippen LogP contribution in [0.15, 0.2) is 24.3 Å². The van der Waals surface area contributed by atoms with Crippen LogP contribution >= 0.6 is 0 Å². The maximum absolute atomic E-state index is 12.1. The molecule has 0 bridgehead atoms. The molecule has 3 heteroatoms. The van der Waals surface area contributed by atoms with Crippen LogP contribution < -0.4 is 11.1 Å². The number of anilines is 2. The van der Waals surface area contributed by atoms with Crippen molar-refractivity contribution in [1.29, 1.82) is 0 Å². The van der Waals surface area contributed by atoms with E-state index >= 15 is 0 Å². The molecule has 17 heavy (non-hydrogen) atoms. The van der Waals surface area contributed by atoms with E-state index in [1.54, 1.807) is 6.07 Å². The third-order valence-electron chi connectivity index (χ3n) is 3.38. The lowest BCUT2D eigenvalue weighted by Crippen LogP contribution is -2.22. The number of carbonyl (C=O) groups is 1. The summed E-state index contributed by atoms with van der Waals surface area (Å²) in [7, 11) is 0. The number of nitrogens with one attached hydrogen (secondary N) is 1. The third kappa shape index (κ3) is 3.48. The summed E-state index contributed by atoms with van der Waals surface area (Å²) in [5.41, 5.74) is 7.18. The molecule has 0 aliphatic heterocycles. The fourth-order valence-electron chi connectivity index (χ4n) is 2.40. The summed E-state index contributed by atoms with van der Waals surface area (Å²) >= 11 is 0. The number of hydrogen-bond donors (Lipinski definition) is 2. The summed E-state index contributed by atoms with van der Waals surface area (Å²) in [6.45, 7) is 0. The molecule has 0 heterocycles. The van der Waals surface area contributed by atoms with Crippen LogP contribution in [0.4, 0.5) is 11.4 Å². The van der Waals surface area contributed by atoms with Crippen molar-refractivity contribution in [2.24, 2.45) is 5.92 Å². The second kappa shape index (κ2) is 5.71. The highest BCUT2D eigenvalue weighted by Gasteiger charge is 2.19. The first-order chi connectivity index (χ1) is 8.25. The number of nitrogens with two attached hydrogens (primary N) is 1. The van der Waals surface area contributed by atoms with Crippen molar-refractivity contribution in [2.75, 3.05) is 11.1 Å². The zero-order valence-corrected chi connectivity index (χ0v) is 10.1. The van der Waals surface area contributed by atoms with Crippen molar-refractivity contribution in [3.05, 3.63) is 24.3 Å². The highest BCUT2D eigenvalue weighted by Crippen LogP contribution is 2.24. The predicted molar refractivity (Wildman–Crippen MR) is 70.7 cm³/mol. The SMILES string of the molecule is Nc1cccc(NC(=O)C2CCCCCC2)c1. The predicted octanol–water partition coefficient (Wildman–Crippen LogP) is 3.18. The Balaban J connectivity index is 1.95. The van der Waals surface area contributed by atoms with Crippen LogP contribution in [-0.4, -0.2) is 5.91 Å². The summed E-state index contributed by atoms with van der Waals surface area (Å²) in [5, 5.41) is 2.96. The lowest BCUT2D eigenvalue weighted by Gasteiger charge is -2.14. The zero-order chi connectivity index (χ0) is 12.1. The molecule has 0 atom stereocenters. The lowest BCUT2D eigenvalue weighted by molar-refractivity contribution is -0.120. The van der Waals surface area contributed by atoms with Gasteiger partial charge in [-0.05, 0) is 31.0 Å². The first-order valence-corrected chi connectivity index (χ1v) is 6.42. The summed E-state index contributed by atoms with van der Waals surface area (Å²) in [6, 6.07) is 7.36. The number of benzene rings is 1. The molecule has 3 N–H and O–H groups in total. The van der Waals surface area contributed by atoms with Gasteiger partial charge in [0.2, 0.25) is 5.91 Å². The fraction of sp³-hybridized carbons (Fsp3) is 0.500. The molecule has 0 radical (unpaired) electrons. The standard InChI is InChI=1S/C14H20N2O/c15-12-8-5-9-13(10-12)16-14(17)11-6-3-1-2-4-7-11/h5,8-11H,1-4,6-7,15H2,(H,16,17). The van der Waals surface area contributed by atoms with Crippen molar-refractivity contribution in [1.82, 2.24) is 0 Å². The van der Waals surface area contributed by atoms with Crippen molar-refractivity contribution in [3.63, 3.8) is 0 Å². The topological polar surface area (TPSA) is 55.1 Å². The van der Waals surface area contributed by atoms with Gasteiger partial charge in [0, 0.05) is 17.3 Å². The van der Waals surface area contributed by atoms with Gasteiger partial charge in [0.25, 0.3) is 0 Å². The van der Waals surface area contributed by atoms with Crippen LogP contribution in [0.3, 0.4) is 0 Å². The monoisotopic (exact) mass is 232 g/mol. The molecule has 2 rings (SSSR count). The molecule has 1 aromatic rings. The summed E-state index contributed by atoms with van der Waals surface area (Å²) in [4.78, 5) is 12.1. The van der Waals surface area contributed by atoms with Gasteiger partial charge in [-0.1, -0.05) is 31.7 Å². The fourth-order valence-corrected chi connectivity index (χ4v) is 2.40. The minimum atomic E-state index is 0.150. The quantitative estimate of drug-likeness (QED) is 0.608. The van der Waals surface area contributed by atoms with Crippen LogP contribution in [0.2, 0.25) is 0 Å². The Morgan fingerprint density at radius 2 is 1.88 bits per heavy atom. The first kappa shape index (κ1) is 12.0. The van der Waals surface area contributed by atoms with E-state index in [9.17, 15) is 4.79 Å². The molecule has 1 aromatic carbocycles. The van der Waals surface area contributed by atoms with E-state index < -0.39 is 0 Å². The maximum Gasteiger partial charge on any atom is 0.227 e. The smallest absolute Gasteiger partial charge is 0.227 e. The minimum Gasteiger partial charge on any atom is -0.399 e. The first-order valence-electron chi connectivity index (χ1n) is 6.42. The Labute approximate surface area is 102 Å². The van der Waals surface area contributed by atoms with E-state index in [2.05, 4.69) is 5.32 Å². The number of amides is 1. The van der Waals surface area contributed by atoms with Gasteiger partial charge in [0.1, 0.15) is 0 Å². The Morgan fingerprint density at radius 3 is 2.53 bits per heavy atom. The Kier molecular flexibility index (Phi) is 4.02. The lowest BCUT2D eigenvalue weighted by atomic mass is 9.99. The van der Waals surface area contributed by atoms with Gasteiger partial charge in [0.05, 0.1) is 0 Å². The van der Waals surface area contributed by atoms with Crippen LogP contribution in [0.25, 0.3) is 0 Å². The average molecular weight is 232 g/mol. The van der Waals surface area contributed by atoms with E-state index in [1.165, 1.54) is 25.7 Å². The van der Waals surface area contributed by atoms with Crippen molar-refractivity contribution < 1.29 is 4.79 Å². The van der Waals surface area contributed by atoms with E-state index in [-0.39, 0.29) is 11.8 Å². The Bertz CT molecular complexity index is 382. The number of carbonyl (C=O) groups excluding carboxylic acids is 1. The van der Waals surface area contributed by atoms with Crippen LogP contribution in [0, 0.1) is 5.92 Å². The number of hydrogen-bond acceptors (Lipinski definition) is 2. The minimum absolute atomic E-state index is 0.150. The highest BCUT2D eigenvalue weighted by molar-refractivity contribution is 5.92. The number of nitrogen functional groups attached to an aromatic ring is 1. The summed E-state index contributed by atoms with van der Waals surface area (Å²) in [5.74, 6) is 0.330. The molecule has 1 aliphatic carbocycles. The van der Waals surface area contributed by atoms with Gasteiger partial charge in [-0.3, -0.25) is 4.79 Å². The van der Waals surface area contributed by atoms with Gasteiger partial charge in [-0.15, -0.1) is 0 Å². The van der Waals surface area contributed by atoms with E-state index in [0.717, 1.165) is 18.5 Å². The molecule has 1 aliphatic rings. The van der Waals surface area contributed by atoms with Crippen molar-refractivity contribution in [3.8, 4) is 0 Å². The zero-order valence-electron chi connectivity index (χ0n) is 10.1. The van der Waals surface area contributed by atoms with Crippen LogP contribution in [0.1, 0.15) is 38.5 Å². The Hall–Kier alpha value is -1.51. The number of rotatable bonds is 2. The van der Waals surface area contributed by atoms with Gasteiger partial charge >= 0.3 is 0 Å². The second-order valence-electron chi connectivity index (χ2n) is 4.80. The van der Waals surface area contributed by atoms with Gasteiger partial charge in [-0.25, -0.2) is 0 Å². The highest BCUT2D eigenvalue weighted by atomic mass is 16.1. The summed E-state index contributed by atoms with van der Waals surface area (Å²) < 4.78 is 0. The maximum atomic E-state index is 12.1. The molecular weight excluding hydrogens is 212 g/mol. The van der Waals surface area contributed by atoms with Gasteiger partial charge in [0.15, 0.2) is 0 Å². The molecule has 92 valence electrons. The van der Waals surface area contributed by atoms with Crippen LogP contribution in [0.5, 0.6) is 0 Å². The second-order valence-corrected chi connectivity index (χ2v) is 4.80. The van der Waals surface area contributed by atoms with E-state index in [4.69, 9.17) is 5.73 Å².